The van der Waals surface area contributed by atoms with Crippen molar-refractivity contribution in [1.82, 2.24) is 0 Å². The number of nitrogens with zero attached hydrogens (tertiary/aromatic N) is 1. The Morgan fingerprint density at radius 1 is 1.00 bits per heavy atom. The molecule has 0 atom stereocenters. The van der Waals surface area contributed by atoms with Crippen molar-refractivity contribution < 1.29 is 19.0 Å². The summed E-state index contributed by atoms with van der Waals surface area (Å²) < 4.78 is 16.2. The van der Waals surface area contributed by atoms with E-state index in [1.165, 1.54) is 0 Å². The Balaban J connectivity index is 1.62. The largest absolute Gasteiger partial charge is 0.493 e. The minimum absolute atomic E-state index is 0.169. The van der Waals surface area contributed by atoms with E-state index in [4.69, 9.17) is 19.5 Å². The van der Waals surface area contributed by atoms with Crippen LogP contribution < -0.4 is 9.47 Å². The zero-order chi connectivity index (χ0) is 18.1. The van der Waals surface area contributed by atoms with Gasteiger partial charge in [-0.1, -0.05) is 12.1 Å². The van der Waals surface area contributed by atoms with Crippen LogP contribution in [0.2, 0.25) is 0 Å². The summed E-state index contributed by atoms with van der Waals surface area (Å²) in [4.78, 5) is 11.7. The molecule has 0 saturated heterocycles. The number of benzene rings is 2. The molecule has 5 nitrogen and oxygen atoms in total. The first-order valence-electron chi connectivity index (χ1n) is 8.07. The number of carbonyl (C=O) groups is 1. The minimum Gasteiger partial charge on any atom is -0.493 e. The number of hydrogen-bond acceptors (Lipinski definition) is 5. The van der Waals surface area contributed by atoms with E-state index in [0.717, 1.165) is 16.9 Å². The highest BCUT2D eigenvalue weighted by atomic mass is 16.6. The van der Waals surface area contributed by atoms with E-state index in [2.05, 4.69) is 0 Å². The average molecular weight is 339 g/mol. The van der Waals surface area contributed by atoms with Crippen molar-refractivity contribution in [2.24, 2.45) is 0 Å². The Labute approximate surface area is 147 Å². The van der Waals surface area contributed by atoms with Crippen LogP contribution in [0.3, 0.4) is 0 Å². The highest BCUT2D eigenvalue weighted by molar-refractivity contribution is 5.69. The molecule has 0 N–H and O–H groups in total. The minimum atomic E-state index is -0.325. The van der Waals surface area contributed by atoms with Crippen LogP contribution in [0.15, 0.2) is 42.5 Å². The Morgan fingerprint density at radius 3 is 2.48 bits per heavy atom. The second-order valence-electron chi connectivity index (χ2n) is 5.57. The normalized spacial score (nSPS) is 9.96. The molecule has 130 valence electrons. The molecule has 0 radical (unpaired) electrons. The Bertz CT molecular complexity index is 747. The molecule has 0 spiro atoms. The third kappa shape index (κ3) is 6.19. The first-order chi connectivity index (χ1) is 12.1. The predicted molar refractivity (Wildman–Crippen MR) is 93.6 cm³/mol. The molecule has 0 aromatic heterocycles. The van der Waals surface area contributed by atoms with Gasteiger partial charge in [0.2, 0.25) is 0 Å². The maximum Gasteiger partial charge on any atom is 0.309 e. The van der Waals surface area contributed by atoms with Gasteiger partial charge < -0.3 is 14.2 Å². The van der Waals surface area contributed by atoms with Crippen LogP contribution >= 0.6 is 0 Å². The second kappa shape index (κ2) is 9.33. The molecule has 0 amide bonds. The van der Waals surface area contributed by atoms with Gasteiger partial charge in [-0.3, -0.25) is 4.79 Å². The van der Waals surface area contributed by atoms with Crippen molar-refractivity contribution >= 4 is 5.97 Å². The van der Waals surface area contributed by atoms with Crippen molar-refractivity contribution in [3.05, 3.63) is 59.2 Å². The fourth-order valence-electron chi connectivity index (χ4n) is 2.12. The molecule has 0 bridgehead atoms. The highest BCUT2D eigenvalue weighted by Gasteiger charge is 2.05. The van der Waals surface area contributed by atoms with Crippen LogP contribution in [0, 0.1) is 25.2 Å². The van der Waals surface area contributed by atoms with Crippen LogP contribution in [-0.4, -0.2) is 25.8 Å². The monoisotopic (exact) mass is 339 g/mol. The number of hydrogen-bond donors (Lipinski definition) is 0. The first kappa shape index (κ1) is 18.3. The van der Waals surface area contributed by atoms with Crippen LogP contribution in [0.5, 0.6) is 11.5 Å². The molecule has 0 heterocycles. The predicted octanol–water partition coefficient (Wildman–Crippen LogP) is 3.57. The molecule has 0 aliphatic heterocycles. The summed E-state index contributed by atoms with van der Waals surface area (Å²) in [5, 5.41) is 8.72. The molecule has 0 aliphatic carbocycles. The van der Waals surface area contributed by atoms with E-state index in [1.54, 1.807) is 24.3 Å². The third-order valence-electron chi connectivity index (χ3n) is 3.51. The van der Waals surface area contributed by atoms with Gasteiger partial charge in [-0.05, 0) is 55.3 Å². The van der Waals surface area contributed by atoms with Crippen molar-refractivity contribution in [3.8, 4) is 17.6 Å². The summed E-state index contributed by atoms with van der Waals surface area (Å²) in [6.45, 7) is 4.67. The highest BCUT2D eigenvalue weighted by Crippen LogP contribution is 2.19. The van der Waals surface area contributed by atoms with E-state index in [0.29, 0.717) is 11.3 Å². The molecule has 2 aromatic rings. The summed E-state index contributed by atoms with van der Waals surface area (Å²) >= 11 is 0. The second-order valence-corrected chi connectivity index (χ2v) is 5.57. The molecule has 0 unspecified atom stereocenters. The number of ether oxygens (including phenoxy) is 3. The van der Waals surface area contributed by atoms with Crippen molar-refractivity contribution in [1.29, 1.82) is 5.26 Å². The van der Waals surface area contributed by atoms with Gasteiger partial charge in [-0.25, -0.2) is 0 Å². The van der Waals surface area contributed by atoms with Gasteiger partial charge >= 0.3 is 5.97 Å². The Kier molecular flexibility index (Phi) is 6.85. The summed E-state index contributed by atoms with van der Waals surface area (Å²) in [6.07, 6.45) is 0.185. The Morgan fingerprint density at radius 2 is 1.76 bits per heavy atom. The fourth-order valence-corrected chi connectivity index (χ4v) is 2.12. The lowest BCUT2D eigenvalue weighted by Crippen LogP contribution is -2.14. The summed E-state index contributed by atoms with van der Waals surface area (Å²) in [6, 6.07) is 14.8. The van der Waals surface area contributed by atoms with Gasteiger partial charge in [0.05, 0.1) is 24.7 Å². The molecule has 0 aliphatic rings. The van der Waals surface area contributed by atoms with Crippen molar-refractivity contribution in [2.45, 2.75) is 20.3 Å². The molecular formula is C20H21NO4. The number of carbonyl (C=O) groups excluding carboxylic acids is 1. The van der Waals surface area contributed by atoms with Gasteiger partial charge in [0.15, 0.2) is 0 Å². The van der Waals surface area contributed by atoms with E-state index < -0.39 is 0 Å². The molecule has 0 fully saturated rings. The standard InChI is InChI=1S/C20H21NO4/c1-15-3-4-16(2)19(13-15)24-10-9-20(22)25-12-11-23-18-7-5-17(14-21)6-8-18/h3-8,13H,9-12H2,1-2H3. The fraction of sp³-hybridized carbons (Fsp3) is 0.300. The quantitative estimate of drug-likeness (QED) is 0.543. The van der Waals surface area contributed by atoms with Crippen LogP contribution in [0.1, 0.15) is 23.1 Å². The van der Waals surface area contributed by atoms with Crippen molar-refractivity contribution in [2.75, 3.05) is 19.8 Å². The SMILES string of the molecule is Cc1ccc(C)c(OCCC(=O)OCCOc2ccc(C#N)cc2)c1. The van der Waals surface area contributed by atoms with Gasteiger partial charge in [-0.2, -0.15) is 5.26 Å². The maximum atomic E-state index is 11.7. The zero-order valence-corrected chi connectivity index (χ0v) is 14.5. The number of aryl methyl sites for hydroxylation is 2. The number of esters is 1. The smallest absolute Gasteiger partial charge is 0.309 e. The molecule has 2 rings (SSSR count). The van der Waals surface area contributed by atoms with Gasteiger partial charge in [0.1, 0.15) is 24.7 Å². The van der Waals surface area contributed by atoms with Gasteiger partial charge in [0, 0.05) is 0 Å². The number of nitriles is 1. The third-order valence-corrected chi connectivity index (χ3v) is 3.51. The lowest BCUT2D eigenvalue weighted by molar-refractivity contribution is -0.144. The molecule has 0 saturated carbocycles. The molecule has 25 heavy (non-hydrogen) atoms. The van der Waals surface area contributed by atoms with Crippen LogP contribution in [0.25, 0.3) is 0 Å². The van der Waals surface area contributed by atoms with E-state index in [9.17, 15) is 4.79 Å². The van der Waals surface area contributed by atoms with Gasteiger partial charge in [0.25, 0.3) is 0 Å². The lowest BCUT2D eigenvalue weighted by atomic mass is 10.1. The summed E-state index contributed by atoms with van der Waals surface area (Å²) in [5.74, 6) is 1.10. The van der Waals surface area contributed by atoms with Gasteiger partial charge in [-0.15, -0.1) is 0 Å². The molecule has 5 heteroatoms. The van der Waals surface area contributed by atoms with E-state index >= 15 is 0 Å². The number of rotatable bonds is 8. The van der Waals surface area contributed by atoms with E-state index in [1.807, 2.05) is 38.1 Å². The average Bonchev–Trinajstić information content (AvgIpc) is 2.62. The van der Waals surface area contributed by atoms with E-state index in [-0.39, 0.29) is 32.2 Å². The lowest BCUT2D eigenvalue weighted by Gasteiger charge is -2.10. The first-order valence-corrected chi connectivity index (χ1v) is 8.07. The molecular weight excluding hydrogens is 318 g/mol. The van der Waals surface area contributed by atoms with Crippen LogP contribution in [0.4, 0.5) is 0 Å². The summed E-state index contributed by atoms with van der Waals surface area (Å²) in [7, 11) is 0. The summed E-state index contributed by atoms with van der Waals surface area (Å²) in [5.41, 5.74) is 2.72. The Hall–Kier alpha value is -3.00. The van der Waals surface area contributed by atoms with Crippen LogP contribution in [-0.2, 0) is 9.53 Å². The topological polar surface area (TPSA) is 68.6 Å². The van der Waals surface area contributed by atoms with Crippen molar-refractivity contribution in [3.63, 3.8) is 0 Å². The zero-order valence-electron chi connectivity index (χ0n) is 14.5. The maximum absolute atomic E-state index is 11.7. The molecule has 2 aromatic carbocycles.